The number of fused-ring (bicyclic) bond motifs is 5. The maximum atomic E-state index is 12.6. The van der Waals surface area contributed by atoms with Gasteiger partial charge in [-0.05, 0) is 61.7 Å². The molecule has 3 aliphatic carbocycles. The fourth-order valence-electron chi connectivity index (χ4n) is 6.20. The van der Waals surface area contributed by atoms with Crippen LogP contribution >= 0.6 is 15.9 Å². The predicted molar refractivity (Wildman–Crippen MR) is 87.9 cm³/mol. The number of aliphatic hydroxyl groups is 1. The number of carbonyl (C=O) groups is 1. The fraction of sp³-hybridized carbons (Fsp3) is 0.944. The van der Waals surface area contributed by atoms with Gasteiger partial charge in [0.25, 0.3) is 0 Å². The molecule has 0 radical (unpaired) electrons. The van der Waals surface area contributed by atoms with Crippen molar-refractivity contribution in [1.82, 2.24) is 0 Å². The average Bonchev–Trinajstić information content (AvgIpc) is 2.72. The molecule has 3 unspecified atom stereocenters. The smallest absolute Gasteiger partial charge is 0.154 e. The Labute approximate surface area is 141 Å². The molecule has 8 atom stereocenters. The topological polar surface area (TPSA) is 46.5 Å². The second-order valence-electron chi connectivity index (χ2n) is 8.70. The standard InChI is InChI=1S/C18H27BrO3/c1-17-6-5-11(20)7-10(17)3-4-12-13-8-14(19)15(21)18(13,2)9-22-16(12)17/h10-14,16,20H,3-9H2,1-2H3/t10?,11?,12-,13-,14?,16+,17-,18-/m0/s1. The lowest BCUT2D eigenvalue weighted by molar-refractivity contribution is -0.213. The number of aliphatic hydroxyl groups excluding tert-OH is 1. The van der Waals surface area contributed by atoms with Crippen molar-refractivity contribution in [3.05, 3.63) is 0 Å². The van der Waals surface area contributed by atoms with Gasteiger partial charge >= 0.3 is 0 Å². The van der Waals surface area contributed by atoms with Gasteiger partial charge in [-0.25, -0.2) is 0 Å². The van der Waals surface area contributed by atoms with E-state index >= 15 is 0 Å². The molecule has 22 heavy (non-hydrogen) atoms. The van der Waals surface area contributed by atoms with Crippen LogP contribution in [0.25, 0.3) is 0 Å². The van der Waals surface area contributed by atoms with Gasteiger partial charge in [0.15, 0.2) is 5.78 Å². The molecule has 0 spiro atoms. The molecule has 4 fully saturated rings. The Hall–Kier alpha value is 0.0700. The first-order chi connectivity index (χ1) is 10.4. The zero-order chi connectivity index (χ0) is 15.7. The summed E-state index contributed by atoms with van der Waals surface area (Å²) in [6.45, 7) is 5.09. The summed E-state index contributed by atoms with van der Waals surface area (Å²) in [7, 11) is 0. The Balaban J connectivity index is 1.64. The van der Waals surface area contributed by atoms with Crippen molar-refractivity contribution >= 4 is 21.7 Å². The summed E-state index contributed by atoms with van der Waals surface area (Å²) in [4.78, 5) is 12.6. The molecular weight excluding hydrogens is 344 g/mol. The number of carbonyl (C=O) groups excluding carboxylic acids is 1. The minimum absolute atomic E-state index is 0.0172. The summed E-state index contributed by atoms with van der Waals surface area (Å²) in [5, 5.41) is 10.0. The number of ketones is 1. The largest absolute Gasteiger partial charge is 0.393 e. The quantitative estimate of drug-likeness (QED) is 0.665. The molecule has 0 bridgehead atoms. The van der Waals surface area contributed by atoms with E-state index in [4.69, 9.17) is 4.74 Å². The van der Waals surface area contributed by atoms with Gasteiger partial charge in [-0.2, -0.15) is 0 Å². The van der Waals surface area contributed by atoms with Gasteiger partial charge in [0.1, 0.15) is 0 Å². The van der Waals surface area contributed by atoms with E-state index < -0.39 is 0 Å². The van der Waals surface area contributed by atoms with Gasteiger partial charge in [0.05, 0.1) is 29.1 Å². The van der Waals surface area contributed by atoms with Gasteiger partial charge in [0, 0.05) is 0 Å². The zero-order valence-corrected chi connectivity index (χ0v) is 15.1. The van der Waals surface area contributed by atoms with E-state index in [1.54, 1.807) is 0 Å². The van der Waals surface area contributed by atoms with Crippen LogP contribution in [0.15, 0.2) is 0 Å². The van der Waals surface area contributed by atoms with Crippen LogP contribution in [-0.2, 0) is 9.53 Å². The molecule has 1 heterocycles. The van der Waals surface area contributed by atoms with Crippen LogP contribution in [0.3, 0.4) is 0 Å². The third kappa shape index (κ3) is 1.96. The van der Waals surface area contributed by atoms with Gasteiger partial charge in [-0.1, -0.05) is 29.8 Å². The number of ether oxygens (including phenoxy) is 1. The molecule has 0 aromatic rings. The van der Waals surface area contributed by atoms with Crippen LogP contribution in [0, 0.1) is 28.6 Å². The van der Waals surface area contributed by atoms with Crippen LogP contribution in [0.2, 0.25) is 0 Å². The number of alkyl halides is 1. The molecule has 4 rings (SSSR count). The Bertz CT molecular complexity index is 495. The number of hydrogen-bond acceptors (Lipinski definition) is 3. The van der Waals surface area contributed by atoms with E-state index in [1.807, 2.05) is 0 Å². The van der Waals surface area contributed by atoms with E-state index in [-0.39, 0.29) is 27.9 Å². The monoisotopic (exact) mass is 370 g/mol. The Morgan fingerprint density at radius 2 is 2.00 bits per heavy atom. The first-order valence-electron chi connectivity index (χ1n) is 8.84. The first-order valence-corrected chi connectivity index (χ1v) is 9.76. The number of halogens is 1. The van der Waals surface area contributed by atoms with E-state index in [1.165, 1.54) is 6.42 Å². The molecule has 4 aliphatic rings. The summed E-state index contributed by atoms with van der Waals surface area (Å²) in [6.07, 6.45) is 6.38. The first kappa shape index (κ1) is 15.6. The normalized spacial score (nSPS) is 57.9. The lowest BCUT2D eigenvalue weighted by Gasteiger charge is -2.59. The molecule has 1 saturated heterocycles. The second kappa shape index (κ2) is 5.03. The maximum Gasteiger partial charge on any atom is 0.154 e. The van der Waals surface area contributed by atoms with Crippen molar-refractivity contribution in [2.75, 3.05) is 6.61 Å². The highest BCUT2D eigenvalue weighted by molar-refractivity contribution is 9.10. The molecule has 4 heteroatoms. The van der Waals surface area contributed by atoms with Crippen molar-refractivity contribution in [2.45, 2.75) is 69.4 Å². The molecule has 124 valence electrons. The van der Waals surface area contributed by atoms with Crippen LogP contribution in [-0.4, -0.2) is 34.5 Å². The van der Waals surface area contributed by atoms with Crippen LogP contribution in [0.4, 0.5) is 0 Å². The second-order valence-corrected chi connectivity index (χ2v) is 9.80. The third-order valence-electron chi connectivity index (χ3n) is 7.60. The summed E-state index contributed by atoms with van der Waals surface area (Å²) in [6, 6.07) is 0. The van der Waals surface area contributed by atoms with Crippen LogP contribution < -0.4 is 0 Å². The molecule has 0 amide bonds. The van der Waals surface area contributed by atoms with E-state index in [0.29, 0.717) is 30.1 Å². The maximum absolute atomic E-state index is 12.6. The lowest BCUT2D eigenvalue weighted by Crippen LogP contribution is -2.59. The van der Waals surface area contributed by atoms with Crippen molar-refractivity contribution < 1.29 is 14.6 Å². The molecule has 1 aliphatic heterocycles. The SMILES string of the molecule is C[C@]12CCC(O)CC1CC[C@@H]1[C@H]2OC[C@]2(C)C(=O)C(Br)C[C@@H]12. The lowest BCUT2D eigenvalue weighted by atomic mass is 9.51. The molecule has 0 aromatic heterocycles. The van der Waals surface area contributed by atoms with Gasteiger partial charge in [0.2, 0.25) is 0 Å². The molecular formula is C18H27BrO3. The summed E-state index contributed by atoms with van der Waals surface area (Å²) in [5.74, 6) is 1.91. The summed E-state index contributed by atoms with van der Waals surface area (Å²) in [5.41, 5.74) is -0.0936. The van der Waals surface area contributed by atoms with Crippen LogP contribution in [0.1, 0.15) is 52.4 Å². The molecule has 1 N–H and O–H groups in total. The van der Waals surface area contributed by atoms with Crippen molar-refractivity contribution in [3.63, 3.8) is 0 Å². The minimum Gasteiger partial charge on any atom is -0.393 e. The van der Waals surface area contributed by atoms with Crippen molar-refractivity contribution in [1.29, 1.82) is 0 Å². The Kier molecular flexibility index (Phi) is 3.57. The fourth-order valence-corrected chi connectivity index (χ4v) is 7.12. The van der Waals surface area contributed by atoms with Gasteiger partial charge in [-0.3, -0.25) is 4.79 Å². The number of rotatable bonds is 0. The number of Topliss-reactive ketones (excluding diaryl/α,β-unsaturated/α-hetero) is 1. The summed E-state index contributed by atoms with van der Waals surface area (Å²) >= 11 is 3.60. The highest BCUT2D eigenvalue weighted by Crippen LogP contribution is 2.61. The van der Waals surface area contributed by atoms with Gasteiger partial charge < -0.3 is 9.84 Å². The molecule has 3 saturated carbocycles. The van der Waals surface area contributed by atoms with E-state index in [2.05, 4.69) is 29.8 Å². The average molecular weight is 371 g/mol. The minimum atomic E-state index is -0.285. The molecule has 0 aromatic carbocycles. The highest BCUT2D eigenvalue weighted by atomic mass is 79.9. The highest BCUT2D eigenvalue weighted by Gasteiger charge is 2.63. The van der Waals surface area contributed by atoms with Crippen molar-refractivity contribution in [3.8, 4) is 0 Å². The van der Waals surface area contributed by atoms with E-state index in [0.717, 1.165) is 32.1 Å². The van der Waals surface area contributed by atoms with Crippen LogP contribution in [0.5, 0.6) is 0 Å². The predicted octanol–water partition coefficient (Wildman–Crippen LogP) is 3.32. The number of hydrogen-bond donors (Lipinski definition) is 1. The Morgan fingerprint density at radius 1 is 1.23 bits per heavy atom. The summed E-state index contributed by atoms with van der Waals surface area (Å²) < 4.78 is 6.40. The molecule has 3 nitrogen and oxygen atoms in total. The third-order valence-corrected chi connectivity index (χ3v) is 8.39. The Morgan fingerprint density at radius 3 is 2.77 bits per heavy atom. The zero-order valence-electron chi connectivity index (χ0n) is 13.6. The van der Waals surface area contributed by atoms with Gasteiger partial charge in [-0.15, -0.1) is 0 Å². The van der Waals surface area contributed by atoms with Crippen molar-refractivity contribution in [2.24, 2.45) is 28.6 Å². The van der Waals surface area contributed by atoms with E-state index in [9.17, 15) is 9.90 Å².